The van der Waals surface area contributed by atoms with Crippen LogP contribution in [0.2, 0.25) is 0 Å². The molecule has 7 nitrogen and oxygen atoms in total. The van der Waals surface area contributed by atoms with Crippen molar-refractivity contribution in [2.45, 2.75) is 13.5 Å². The highest BCUT2D eigenvalue weighted by Crippen LogP contribution is 2.18. The summed E-state index contributed by atoms with van der Waals surface area (Å²) in [6.45, 7) is 1.19. The van der Waals surface area contributed by atoms with Crippen molar-refractivity contribution in [2.75, 3.05) is 12.2 Å². The normalized spacial score (nSPS) is 9.84. The number of esters is 1. The number of ether oxygens (including phenoxy) is 2. The van der Waals surface area contributed by atoms with Gasteiger partial charge in [-0.1, -0.05) is 30.3 Å². The Kier molecular flexibility index (Phi) is 6.11. The van der Waals surface area contributed by atoms with Crippen LogP contribution in [0.3, 0.4) is 0 Å². The Balaban J connectivity index is 2.13. The first-order valence-electron chi connectivity index (χ1n) is 7.39. The summed E-state index contributed by atoms with van der Waals surface area (Å²) >= 11 is 0. The first-order valence-corrected chi connectivity index (χ1v) is 7.39. The van der Waals surface area contributed by atoms with E-state index >= 15 is 0 Å². The van der Waals surface area contributed by atoms with Crippen LogP contribution in [-0.4, -0.2) is 25.1 Å². The molecule has 0 saturated heterocycles. The third-order valence-corrected chi connectivity index (χ3v) is 3.11. The van der Waals surface area contributed by atoms with Crippen LogP contribution in [0.1, 0.15) is 22.8 Å². The summed E-state index contributed by atoms with van der Waals surface area (Å²) < 4.78 is 9.77. The van der Waals surface area contributed by atoms with E-state index in [1.165, 1.54) is 38.3 Å². The Bertz CT molecular complexity index is 742. The number of amides is 1. The molecular formula is C18H17NO6. The van der Waals surface area contributed by atoms with Gasteiger partial charge in [0, 0.05) is 6.92 Å². The van der Waals surface area contributed by atoms with Gasteiger partial charge in [0.1, 0.15) is 6.61 Å². The van der Waals surface area contributed by atoms with Crippen molar-refractivity contribution in [1.29, 1.82) is 0 Å². The minimum absolute atomic E-state index is 0.0255. The predicted octanol–water partition coefficient (Wildman–Crippen LogP) is 3.09. The summed E-state index contributed by atoms with van der Waals surface area (Å²) in [5, 5.41) is 0.729. The number of benzene rings is 2. The van der Waals surface area contributed by atoms with Gasteiger partial charge < -0.3 is 14.3 Å². The highest BCUT2D eigenvalue weighted by molar-refractivity contribution is 5.91. The van der Waals surface area contributed by atoms with E-state index in [0.717, 1.165) is 10.6 Å². The average Bonchev–Trinajstić information content (AvgIpc) is 2.64. The fourth-order valence-electron chi connectivity index (χ4n) is 1.95. The van der Waals surface area contributed by atoms with Gasteiger partial charge in [-0.25, -0.2) is 14.4 Å². The maximum atomic E-state index is 12.3. The second-order valence-corrected chi connectivity index (χ2v) is 4.96. The lowest BCUT2D eigenvalue weighted by Gasteiger charge is -2.20. The molecule has 0 aliphatic rings. The second kappa shape index (κ2) is 8.49. The number of hydrogen-bond donors (Lipinski definition) is 0. The van der Waals surface area contributed by atoms with Crippen LogP contribution in [0, 0.1) is 0 Å². The minimum Gasteiger partial charge on any atom is -0.465 e. The first kappa shape index (κ1) is 18.0. The number of nitrogens with zero attached hydrogens (tertiary/aromatic N) is 1. The van der Waals surface area contributed by atoms with Gasteiger partial charge in [0.25, 0.3) is 0 Å². The van der Waals surface area contributed by atoms with Crippen molar-refractivity contribution in [3.63, 3.8) is 0 Å². The third kappa shape index (κ3) is 5.07. The molecule has 0 radical (unpaired) electrons. The molecule has 0 fully saturated rings. The van der Waals surface area contributed by atoms with E-state index < -0.39 is 18.0 Å². The van der Waals surface area contributed by atoms with E-state index in [9.17, 15) is 14.4 Å². The summed E-state index contributed by atoms with van der Waals surface area (Å²) in [7, 11) is 1.27. The lowest BCUT2D eigenvalue weighted by molar-refractivity contribution is -0.141. The zero-order chi connectivity index (χ0) is 18.2. The van der Waals surface area contributed by atoms with Crippen LogP contribution in [-0.2, 0) is 25.7 Å². The first-order chi connectivity index (χ1) is 12.0. The molecule has 0 aromatic heterocycles. The van der Waals surface area contributed by atoms with Crippen LogP contribution in [0.15, 0.2) is 54.6 Å². The van der Waals surface area contributed by atoms with Crippen molar-refractivity contribution in [3.05, 3.63) is 65.7 Å². The molecule has 7 heteroatoms. The van der Waals surface area contributed by atoms with Gasteiger partial charge in [-0.05, 0) is 29.8 Å². The smallest absolute Gasteiger partial charge is 0.448 e. The Morgan fingerprint density at radius 2 is 1.60 bits per heavy atom. The van der Waals surface area contributed by atoms with E-state index in [1.807, 2.05) is 18.2 Å². The van der Waals surface area contributed by atoms with Gasteiger partial charge in [-0.2, -0.15) is 0 Å². The fourth-order valence-corrected chi connectivity index (χ4v) is 1.95. The van der Waals surface area contributed by atoms with Crippen molar-refractivity contribution in [3.8, 4) is 0 Å². The molecule has 130 valence electrons. The van der Waals surface area contributed by atoms with Gasteiger partial charge in [-0.3, -0.25) is 0 Å². The number of hydrogen-bond acceptors (Lipinski definition) is 6. The number of rotatable bonds is 4. The molecular weight excluding hydrogens is 326 g/mol. The molecule has 0 spiro atoms. The van der Waals surface area contributed by atoms with Crippen LogP contribution >= 0.6 is 0 Å². The highest BCUT2D eigenvalue weighted by Gasteiger charge is 2.21. The SMILES string of the molecule is COC(=O)c1ccc(N(OC(C)=O)C(=O)OCc2ccccc2)cc1. The number of carbonyl (C=O) groups is 3. The molecule has 2 rings (SSSR count). The highest BCUT2D eigenvalue weighted by atomic mass is 16.7. The maximum absolute atomic E-state index is 12.3. The maximum Gasteiger partial charge on any atom is 0.448 e. The molecule has 0 aliphatic heterocycles. The predicted molar refractivity (Wildman–Crippen MR) is 88.7 cm³/mol. The second-order valence-electron chi connectivity index (χ2n) is 4.96. The Hall–Kier alpha value is -3.35. The quantitative estimate of drug-likeness (QED) is 0.627. The van der Waals surface area contributed by atoms with Gasteiger partial charge in [0.2, 0.25) is 0 Å². The van der Waals surface area contributed by atoms with Gasteiger partial charge in [0.15, 0.2) is 0 Å². The fraction of sp³-hybridized carbons (Fsp3) is 0.167. The molecule has 2 aromatic carbocycles. The zero-order valence-electron chi connectivity index (χ0n) is 13.8. The van der Waals surface area contributed by atoms with Gasteiger partial charge in [-0.15, -0.1) is 5.06 Å². The standard InChI is InChI=1S/C18H17NO6/c1-13(20)25-19(16-10-8-15(9-11-16)17(21)23-2)18(22)24-12-14-6-4-3-5-7-14/h3-11H,12H2,1-2H3. The molecule has 25 heavy (non-hydrogen) atoms. The molecule has 0 aliphatic carbocycles. The molecule has 1 amide bonds. The van der Waals surface area contributed by atoms with Crippen molar-refractivity contribution in [1.82, 2.24) is 0 Å². The summed E-state index contributed by atoms with van der Waals surface area (Å²) in [5.41, 5.74) is 1.33. The Morgan fingerprint density at radius 1 is 0.960 bits per heavy atom. The van der Waals surface area contributed by atoms with Crippen LogP contribution in [0.25, 0.3) is 0 Å². The average molecular weight is 343 g/mol. The molecule has 0 unspecified atom stereocenters. The third-order valence-electron chi connectivity index (χ3n) is 3.11. The monoisotopic (exact) mass is 343 g/mol. The Labute approximate surface area is 144 Å². The molecule has 0 bridgehead atoms. The summed E-state index contributed by atoms with van der Waals surface area (Å²) in [5.74, 6) is -1.20. The van der Waals surface area contributed by atoms with Crippen LogP contribution in [0.5, 0.6) is 0 Å². The van der Waals surface area contributed by atoms with Crippen molar-refractivity contribution in [2.24, 2.45) is 0 Å². The summed E-state index contributed by atoms with van der Waals surface area (Å²) in [6, 6.07) is 14.9. The topological polar surface area (TPSA) is 82.1 Å². The zero-order valence-corrected chi connectivity index (χ0v) is 13.8. The lowest BCUT2D eigenvalue weighted by Crippen LogP contribution is -2.33. The summed E-state index contributed by atoms with van der Waals surface area (Å²) in [4.78, 5) is 39.9. The van der Waals surface area contributed by atoms with Crippen LogP contribution in [0.4, 0.5) is 10.5 Å². The lowest BCUT2D eigenvalue weighted by atomic mass is 10.2. The molecule has 0 saturated carbocycles. The molecule has 0 heterocycles. The summed E-state index contributed by atoms with van der Waals surface area (Å²) in [6.07, 6.45) is -0.857. The molecule has 2 aromatic rings. The number of anilines is 1. The number of methoxy groups -OCH3 is 1. The van der Waals surface area contributed by atoms with E-state index in [0.29, 0.717) is 5.56 Å². The van der Waals surface area contributed by atoms with E-state index in [4.69, 9.17) is 9.57 Å². The van der Waals surface area contributed by atoms with Crippen molar-refractivity contribution >= 4 is 23.7 Å². The van der Waals surface area contributed by atoms with Crippen molar-refractivity contribution < 1.29 is 28.7 Å². The largest absolute Gasteiger partial charge is 0.465 e. The number of hydroxylamine groups is 1. The van der Waals surface area contributed by atoms with Gasteiger partial charge in [0.05, 0.1) is 18.4 Å². The number of carbonyl (C=O) groups excluding carboxylic acids is 3. The molecule has 0 atom stereocenters. The van der Waals surface area contributed by atoms with Crippen LogP contribution < -0.4 is 5.06 Å². The van der Waals surface area contributed by atoms with Gasteiger partial charge >= 0.3 is 18.0 Å². The van der Waals surface area contributed by atoms with E-state index in [-0.39, 0.29) is 12.3 Å². The van der Waals surface area contributed by atoms with E-state index in [2.05, 4.69) is 4.74 Å². The minimum atomic E-state index is -0.857. The van der Waals surface area contributed by atoms with E-state index in [1.54, 1.807) is 12.1 Å². The molecule has 0 N–H and O–H groups in total. The Morgan fingerprint density at radius 3 is 2.16 bits per heavy atom.